The van der Waals surface area contributed by atoms with E-state index >= 15 is 0 Å². The number of carbonyl (C=O) groups is 1. The van der Waals surface area contributed by atoms with E-state index in [2.05, 4.69) is 18.7 Å². The summed E-state index contributed by atoms with van der Waals surface area (Å²) < 4.78 is 10.6. The quantitative estimate of drug-likeness (QED) is 0.329. The lowest BCUT2D eigenvalue weighted by molar-refractivity contribution is 0.109. The Kier molecular flexibility index (Phi) is 5.84. The molecule has 3 aromatic rings. The normalized spacial score (nSPS) is 10.2. The van der Waals surface area contributed by atoms with Gasteiger partial charge in [0.15, 0.2) is 0 Å². The van der Waals surface area contributed by atoms with Crippen molar-refractivity contribution in [1.82, 2.24) is 0 Å². The highest BCUT2D eigenvalue weighted by Gasteiger charge is 2.16. The molecule has 0 amide bonds. The molecule has 0 aliphatic rings. The molecule has 0 aliphatic carbocycles. The van der Waals surface area contributed by atoms with E-state index < -0.39 is 6.16 Å². The first-order valence-electron chi connectivity index (χ1n) is 8.44. The Morgan fingerprint density at radius 1 is 0.885 bits per heavy atom. The highest BCUT2D eigenvalue weighted by atomic mass is 16.7. The summed E-state index contributed by atoms with van der Waals surface area (Å²) >= 11 is 0. The summed E-state index contributed by atoms with van der Waals surface area (Å²) in [6, 6.07) is 25.8. The van der Waals surface area contributed by atoms with E-state index in [1.807, 2.05) is 66.7 Å². The van der Waals surface area contributed by atoms with E-state index in [1.165, 1.54) is 6.08 Å². The summed E-state index contributed by atoms with van der Waals surface area (Å²) in [4.78, 5) is 12.1. The van der Waals surface area contributed by atoms with Crippen LogP contribution in [0.2, 0.25) is 0 Å². The molecule has 0 spiro atoms. The van der Waals surface area contributed by atoms with E-state index in [9.17, 15) is 4.79 Å². The van der Waals surface area contributed by atoms with Gasteiger partial charge in [0.1, 0.15) is 12.4 Å². The van der Waals surface area contributed by atoms with E-state index in [4.69, 9.17) is 9.47 Å². The lowest BCUT2D eigenvalue weighted by Gasteiger charge is -2.15. The maximum Gasteiger partial charge on any atom is 0.514 e. The van der Waals surface area contributed by atoms with Crippen LogP contribution in [0, 0.1) is 0 Å². The van der Waals surface area contributed by atoms with E-state index in [1.54, 1.807) is 0 Å². The zero-order valence-corrected chi connectivity index (χ0v) is 14.4. The Morgan fingerprint density at radius 3 is 2.27 bits per heavy atom. The van der Waals surface area contributed by atoms with Crippen LogP contribution in [0.5, 0.6) is 5.75 Å². The molecule has 3 rings (SSSR count). The lowest BCUT2D eigenvalue weighted by atomic mass is 9.97. The van der Waals surface area contributed by atoms with Crippen LogP contribution < -0.4 is 4.74 Å². The van der Waals surface area contributed by atoms with E-state index in [0.717, 1.165) is 22.3 Å². The summed E-state index contributed by atoms with van der Waals surface area (Å²) in [6.45, 7) is 3.66. The second kappa shape index (κ2) is 8.67. The minimum absolute atomic E-state index is 0.111. The Hall–Kier alpha value is -3.33. The van der Waals surface area contributed by atoms with Crippen LogP contribution in [0.1, 0.15) is 11.1 Å². The Labute approximate surface area is 153 Å². The minimum Gasteiger partial charge on any atom is -0.430 e. The first kappa shape index (κ1) is 17.5. The van der Waals surface area contributed by atoms with Gasteiger partial charge in [-0.25, -0.2) is 4.79 Å². The molecule has 3 nitrogen and oxygen atoms in total. The highest BCUT2D eigenvalue weighted by Crippen LogP contribution is 2.34. The molecule has 0 aliphatic heterocycles. The summed E-state index contributed by atoms with van der Waals surface area (Å²) in [5, 5.41) is 0. The van der Waals surface area contributed by atoms with Crippen molar-refractivity contribution in [2.45, 2.75) is 6.42 Å². The Balaban J connectivity index is 2.00. The molecule has 0 saturated heterocycles. The summed E-state index contributed by atoms with van der Waals surface area (Å²) in [7, 11) is 0. The van der Waals surface area contributed by atoms with E-state index in [0.29, 0.717) is 12.2 Å². The summed E-state index contributed by atoms with van der Waals surface area (Å²) in [5.41, 5.74) is 3.90. The number of hydrogen-bond acceptors (Lipinski definition) is 3. The highest BCUT2D eigenvalue weighted by molar-refractivity contribution is 5.76. The lowest BCUT2D eigenvalue weighted by Crippen LogP contribution is -2.12. The van der Waals surface area contributed by atoms with Crippen LogP contribution in [-0.2, 0) is 11.2 Å². The fraction of sp³-hybridized carbons (Fsp3) is 0.0870. The zero-order chi connectivity index (χ0) is 18.2. The molecule has 0 bridgehead atoms. The average Bonchev–Trinajstić information content (AvgIpc) is 2.69. The molecule has 0 N–H and O–H groups in total. The van der Waals surface area contributed by atoms with Crippen molar-refractivity contribution in [3.8, 4) is 16.9 Å². The van der Waals surface area contributed by atoms with Gasteiger partial charge in [-0.15, -0.1) is 0 Å². The standard InChI is InChI=1S/C23H20O3/c1-2-16-25-23(24)26-22-20(17-18-10-5-3-6-11-18)14-9-15-21(22)19-12-7-4-8-13-19/h2-15H,1,16-17H2. The maximum atomic E-state index is 12.1. The molecule has 0 fully saturated rings. The molecule has 0 saturated carbocycles. The van der Waals surface area contributed by atoms with Crippen molar-refractivity contribution in [1.29, 1.82) is 0 Å². The average molecular weight is 344 g/mol. The van der Waals surface area contributed by atoms with Gasteiger partial charge in [0.05, 0.1) is 0 Å². The van der Waals surface area contributed by atoms with Gasteiger partial charge in [-0.3, -0.25) is 0 Å². The predicted octanol–water partition coefficient (Wildman–Crippen LogP) is 5.65. The molecular weight excluding hydrogens is 324 g/mol. The Bertz CT molecular complexity index is 870. The summed E-state index contributed by atoms with van der Waals surface area (Å²) in [6.07, 6.45) is 1.43. The Morgan fingerprint density at radius 2 is 1.58 bits per heavy atom. The van der Waals surface area contributed by atoms with Crippen LogP contribution in [-0.4, -0.2) is 12.8 Å². The third kappa shape index (κ3) is 4.39. The number of benzene rings is 3. The SMILES string of the molecule is C=CCOC(=O)Oc1c(Cc2ccccc2)cccc1-c1ccccc1. The third-order valence-electron chi connectivity index (χ3n) is 3.92. The number of hydrogen-bond donors (Lipinski definition) is 0. The van der Waals surface area contributed by atoms with Crippen molar-refractivity contribution < 1.29 is 14.3 Å². The topological polar surface area (TPSA) is 35.5 Å². The molecule has 3 aromatic carbocycles. The number of rotatable bonds is 6. The molecule has 0 radical (unpaired) electrons. The zero-order valence-electron chi connectivity index (χ0n) is 14.4. The molecule has 0 atom stereocenters. The molecule has 0 unspecified atom stereocenters. The fourth-order valence-corrected chi connectivity index (χ4v) is 2.75. The van der Waals surface area contributed by atoms with Crippen molar-refractivity contribution in [3.05, 3.63) is 103 Å². The maximum absolute atomic E-state index is 12.1. The molecular formula is C23H20O3. The summed E-state index contributed by atoms with van der Waals surface area (Å²) in [5.74, 6) is 0.525. The van der Waals surface area contributed by atoms with Gasteiger partial charge in [-0.05, 0) is 11.1 Å². The van der Waals surface area contributed by atoms with Gasteiger partial charge in [0, 0.05) is 17.5 Å². The second-order valence-corrected chi connectivity index (χ2v) is 5.77. The van der Waals surface area contributed by atoms with Crippen molar-refractivity contribution >= 4 is 6.16 Å². The smallest absolute Gasteiger partial charge is 0.430 e. The van der Waals surface area contributed by atoms with Gasteiger partial charge in [0.25, 0.3) is 0 Å². The monoisotopic (exact) mass is 344 g/mol. The van der Waals surface area contributed by atoms with Crippen molar-refractivity contribution in [2.75, 3.05) is 6.61 Å². The predicted molar refractivity (Wildman–Crippen MR) is 103 cm³/mol. The van der Waals surface area contributed by atoms with Gasteiger partial charge < -0.3 is 9.47 Å². The number of ether oxygens (including phenoxy) is 2. The third-order valence-corrected chi connectivity index (χ3v) is 3.92. The van der Waals surface area contributed by atoms with Crippen LogP contribution in [0.25, 0.3) is 11.1 Å². The molecule has 0 aromatic heterocycles. The molecule has 130 valence electrons. The second-order valence-electron chi connectivity index (χ2n) is 5.77. The van der Waals surface area contributed by atoms with Gasteiger partial charge in [-0.1, -0.05) is 91.5 Å². The van der Waals surface area contributed by atoms with Gasteiger partial charge >= 0.3 is 6.16 Å². The number of carbonyl (C=O) groups excluding carboxylic acids is 1. The van der Waals surface area contributed by atoms with Gasteiger partial charge in [0.2, 0.25) is 0 Å². The molecule has 26 heavy (non-hydrogen) atoms. The number of para-hydroxylation sites is 1. The van der Waals surface area contributed by atoms with Crippen LogP contribution in [0.4, 0.5) is 4.79 Å². The molecule has 0 heterocycles. The fourth-order valence-electron chi connectivity index (χ4n) is 2.75. The van der Waals surface area contributed by atoms with E-state index in [-0.39, 0.29) is 6.61 Å². The largest absolute Gasteiger partial charge is 0.514 e. The van der Waals surface area contributed by atoms with Crippen molar-refractivity contribution in [2.24, 2.45) is 0 Å². The van der Waals surface area contributed by atoms with Gasteiger partial charge in [-0.2, -0.15) is 0 Å². The van der Waals surface area contributed by atoms with Crippen LogP contribution in [0.3, 0.4) is 0 Å². The van der Waals surface area contributed by atoms with Crippen molar-refractivity contribution in [3.63, 3.8) is 0 Å². The minimum atomic E-state index is -0.734. The first-order chi connectivity index (χ1) is 12.8. The first-order valence-corrected chi connectivity index (χ1v) is 8.44. The van der Waals surface area contributed by atoms with Crippen LogP contribution in [0.15, 0.2) is 91.5 Å². The van der Waals surface area contributed by atoms with Crippen LogP contribution >= 0.6 is 0 Å². The molecule has 3 heteroatoms.